The van der Waals surface area contributed by atoms with Crippen LogP contribution in [0.3, 0.4) is 0 Å². The predicted octanol–water partition coefficient (Wildman–Crippen LogP) is 2.61. The monoisotopic (exact) mass is 324 g/mol. The van der Waals surface area contributed by atoms with Crippen LogP contribution in [0.25, 0.3) is 16.7 Å². The van der Waals surface area contributed by atoms with Gasteiger partial charge in [-0.3, -0.25) is 13.6 Å². The van der Waals surface area contributed by atoms with Crippen molar-refractivity contribution in [3.05, 3.63) is 64.1 Å². The molecule has 4 rings (SSSR count). The first-order valence-electron chi connectivity index (χ1n) is 7.62. The van der Waals surface area contributed by atoms with Gasteiger partial charge >= 0.3 is 0 Å². The zero-order valence-electron chi connectivity index (χ0n) is 12.8. The van der Waals surface area contributed by atoms with Crippen molar-refractivity contribution in [3.8, 4) is 5.69 Å². The van der Waals surface area contributed by atoms with Crippen LogP contribution in [0.1, 0.15) is 17.7 Å². The van der Waals surface area contributed by atoms with Gasteiger partial charge in [0.15, 0.2) is 5.43 Å². The second kappa shape index (κ2) is 5.42. The van der Waals surface area contributed by atoms with Crippen LogP contribution in [0, 0.1) is 0 Å². The van der Waals surface area contributed by atoms with Crippen molar-refractivity contribution in [2.24, 2.45) is 0 Å². The van der Waals surface area contributed by atoms with Gasteiger partial charge in [-0.15, -0.1) is 0 Å². The SMILES string of the molecule is CS(=O)c1cccc(-n2c3c(c(=O)c4cccnc42)CCC3)c1. The molecule has 4 nitrogen and oxygen atoms in total. The molecule has 1 aromatic carbocycles. The number of aromatic nitrogens is 2. The maximum atomic E-state index is 12.7. The topological polar surface area (TPSA) is 52.0 Å². The molecule has 0 aliphatic heterocycles. The highest BCUT2D eigenvalue weighted by atomic mass is 32.2. The van der Waals surface area contributed by atoms with Crippen LogP contribution in [0.5, 0.6) is 0 Å². The Hall–Kier alpha value is -2.27. The number of fused-ring (bicyclic) bond motifs is 2. The molecule has 0 amide bonds. The zero-order chi connectivity index (χ0) is 16.0. The summed E-state index contributed by atoms with van der Waals surface area (Å²) in [6.45, 7) is 0. The van der Waals surface area contributed by atoms with Crippen LogP contribution < -0.4 is 5.43 Å². The van der Waals surface area contributed by atoms with Gasteiger partial charge in [-0.2, -0.15) is 0 Å². The zero-order valence-corrected chi connectivity index (χ0v) is 13.6. The molecular formula is C18H16N2O2S. The minimum absolute atomic E-state index is 0.104. The number of nitrogens with zero attached hydrogens (tertiary/aromatic N) is 2. The molecule has 0 saturated heterocycles. The van der Waals surface area contributed by atoms with E-state index in [0.717, 1.165) is 41.1 Å². The molecule has 116 valence electrons. The summed E-state index contributed by atoms with van der Waals surface area (Å²) in [5, 5.41) is 0.649. The van der Waals surface area contributed by atoms with Gasteiger partial charge < -0.3 is 0 Å². The summed E-state index contributed by atoms with van der Waals surface area (Å²) in [7, 11) is -1.04. The largest absolute Gasteiger partial charge is 0.298 e. The van der Waals surface area contributed by atoms with E-state index in [0.29, 0.717) is 11.0 Å². The number of benzene rings is 1. The summed E-state index contributed by atoms with van der Waals surface area (Å²) in [5.74, 6) is 0. The average Bonchev–Trinajstić information content (AvgIpc) is 3.05. The Kier molecular flexibility index (Phi) is 3.38. The standard InChI is InChI=1S/C18H16N2O2S/c1-23(22)13-6-2-5-12(11-13)20-16-9-3-7-14(16)17(21)15-8-4-10-19-18(15)20/h2,4-6,8,10-11H,3,7,9H2,1H3. The highest BCUT2D eigenvalue weighted by Gasteiger charge is 2.22. The van der Waals surface area contributed by atoms with Crippen LogP contribution in [-0.2, 0) is 23.6 Å². The minimum Gasteiger partial charge on any atom is -0.298 e. The van der Waals surface area contributed by atoms with Crippen LogP contribution in [0.2, 0.25) is 0 Å². The fourth-order valence-corrected chi connectivity index (χ4v) is 3.90. The van der Waals surface area contributed by atoms with Crippen LogP contribution >= 0.6 is 0 Å². The Bertz CT molecular complexity index is 1010. The van der Waals surface area contributed by atoms with Gasteiger partial charge in [-0.1, -0.05) is 6.07 Å². The van der Waals surface area contributed by atoms with Crippen molar-refractivity contribution in [1.82, 2.24) is 9.55 Å². The molecule has 0 N–H and O–H groups in total. The third-order valence-corrected chi connectivity index (χ3v) is 5.30. The lowest BCUT2D eigenvalue weighted by Gasteiger charge is -2.16. The average molecular weight is 324 g/mol. The van der Waals surface area contributed by atoms with Crippen LogP contribution in [0.15, 0.2) is 52.3 Å². The van der Waals surface area contributed by atoms with Crippen molar-refractivity contribution in [3.63, 3.8) is 0 Å². The summed E-state index contributed by atoms with van der Waals surface area (Å²) < 4.78 is 13.9. The molecule has 2 heterocycles. The van der Waals surface area contributed by atoms with E-state index in [4.69, 9.17) is 0 Å². The molecule has 23 heavy (non-hydrogen) atoms. The molecule has 1 aliphatic carbocycles. The molecule has 5 heteroatoms. The molecule has 0 spiro atoms. The van der Waals surface area contributed by atoms with E-state index in [1.165, 1.54) is 0 Å². The molecule has 0 bridgehead atoms. The van der Waals surface area contributed by atoms with E-state index in [1.54, 1.807) is 18.5 Å². The number of rotatable bonds is 2. The van der Waals surface area contributed by atoms with Gasteiger partial charge in [0.2, 0.25) is 0 Å². The van der Waals surface area contributed by atoms with Gasteiger partial charge in [-0.05, 0) is 49.6 Å². The molecule has 0 radical (unpaired) electrons. The van der Waals surface area contributed by atoms with Crippen LogP contribution in [0.4, 0.5) is 0 Å². The second-order valence-electron chi connectivity index (χ2n) is 5.77. The van der Waals surface area contributed by atoms with Crippen molar-refractivity contribution >= 4 is 21.8 Å². The van der Waals surface area contributed by atoms with E-state index < -0.39 is 10.8 Å². The van der Waals surface area contributed by atoms with E-state index in [9.17, 15) is 9.00 Å². The van der Waals surface area contributed by atoms with Crippen molar-refractivity contribution in [1.29, 1.82) is 0 Å². The quantitative estimate of drug-likeness (QED) is 0.728. The Labute approximate surface area is 136 Å². The molecule has 2 aromatic heterocycles. The molecule has 0 saturated carbocycles. The Morgan fingerprint density at radius 2 is 2.04 bits per heavy atom. The first-order chi connectivity index (χ1) is 11.2. The highest BCUT2D eigenvalue weighted by molar-refractivity contribution is 7.84. The fraction of sp³-hybridized carbons (Fsp3) is 0.222. The van der Waals surface area contributed by atoms with Gasteiger partial charge in [0.25, 0.3) is 0 Å². The predicted molar refractivity (Wildman–Crippen MR) is 91.7 cm³/mol. The molecule has 1 atom stereocenters. The van der Waals surface area contributed by atoms with E-state index in [1.807, 2.05) is 30.3 Å². The Morgan fingerprint density at radius 1 is 1.17 bits per heavy atom. The lowest BCUT2D eigenvalue weighted by atomic mass is 10.1. The number of pyridine rings is 2. The molecule has 0 fully saturated rings. The lowest BCUT2D eigenvalue weighted by molar-refractivity contribution is 0.686. The Balaban J connectivity index is 2.12. The number of hydrogen-bond donors (Lipinski definition) is 0. The van der Waals surface area contributed by atoms with Gasteiger partial charge in [0, 0.05) is 45.1 Å². The second-order valence-corrected chi connectivity index (χ2v) is 7.15. The normalized spacial score (nSPS) is 14.8. The molecule has 1 unspecified atom stereocenters. The molecular weight excluding hydrogens is 308 g/mol. The molecule has 1 aliphatic rings. The van der Waals surface area contributed by atoms with E-state index >= 15 is 0 Å². The van der Waals surface area contributed by atoms with Crippen molar-refractivity contribution in [2.45, 2.75) is 24.2 Å². The smallest absolute Gasteiger partial charge is 0.194 e. The van der Waals surface area contributed by atoms with Gasteiger partial charge in [0.05, 0.1) is 5.39 Å². The first-order valence-corrected chi connectivity index (χ1v) is 9.18. The summed E-state index contributed by atoms with van der Waals surface area (Å²) in [5.41, 5.74) is 3.64. The highest BCUT2D eigenvalue weighted by Crippen LogP contribution is 2.27. The minimum atomic E-state index is -1.04. The Morgan fingerprint density at radius 3 is 2.87 bits per heavy atom. The van der Waals surface area contributed by atoms with E-state index in [-0.39, 0.29) is 5.43 Å². The third-order valence-electron chi connectivity index (χ3n) is 4.38. The van der Waals surface area contributed by atoms with Crippen LogP contribution in [-0.4, -0.2) is 20.0 Å². The maximum Gasteiger partial charge on any atom is 0.194 e. The summed E-state index contributed by atoms with van der Waals surface area (Å²) in [6, 6.07) is 11.3. The summed E-state index contributed by atoms with van der Waals surface area (Å²) in [6.07, 6.45) is 6.06. The number of hydrogen-bond acceptors (Lipinski definition) is 3. The summed E-state index contributed by atoms with van der Waals surface area (Å²) >= 11 is 0. The third kappa shape index (κ3) is 2.23. The first kappa shape index (κ1) is 14.3. The molecule has 3 aromatic rings. The summed E-state index contributed by atoms with van der Waals surface area (Å²) in [4.78, 5) is 17.9. The van der Waals surface area contributed by atoms with Crippen molar-refractivity contribution < 1.29 is 4.21 Å². The van der Waals surface area contributed by atoms with E-state index in [2.05, 4.69) is 9.55 Å². The van der Waals surface area contributed by atoms with Gasteiger partial charge in [0.1, 0.15) is 5.65 Å². The lowest BCUT2D eigenvalue weighted by Crippen LogP contribution is -2.17. The van der Waals surface area contributed by atoms with Gasteiger partial charge in [-0.25, -0.2) is 4.98 Å². The van der Waals surface area contributed by atoms with Crippen molar-refractivity contribution in [2.75, 3.05) is 6.26 Å². The maximum absolute atomic E-state index is 12.7. The fourth-order valence-electron chi connectivity index (χ4n) is 3.34.